The lowest BCUT2D eigenvalue weighted by Gasteiger charge is -2.26. The number of rotatable bonds is 7. The molecule has 0 spiro atoms. The van der Waals surface area contributed by atoms with Crippen molar-refractivity contribution in [2.75, 3.05) is 14.2 Å². The number of hydrogen-bond acceptors (Lipinski definition) is 4. The molecule has 0 saturated carbocycles. The third-order valence-corrected chi connectivity index (χ3v) is 5.05. The predicted molar refractivity (Wildman–Crippen MR) is 102 cm³/mol. The number of nitrogens with two attached hydrogens (primary N) is 1. The van der Waals surface area contributed by atoms with Crippen LogP contribution in [0.4, 0.5) is 0 Å². The molecule has 136 valence electrons. The first-order chi connectivity index (χ1) is 11.9. The van der Waals surface area contributed by atoms with Crippen LogP contribution < -0.4 is 15.2 Å². The number of hydrogen-bond donors (Lipinski definition) is 2. The zero-order valence-electron chi connectivity index (χ0n) is 14.5. The molecule has 0 aliphatic heterocycles. The van der Waals surface area contributed by atoms with Gasteiger partial charge in [0.05, 0.1) is 30.4 Å². The Morgan fingerprint density at radius 1 is 1.00 bits per heavy atom. The molecule has 2 aromatic rings. The molecule has 2 rings (SSSR count). The van der Waals surface area contributed by atoms with Crippen LogP contribution in [0.15, 0.2) is 36.4 Å². The van der Waals surface area contributed by atoms with Gasteiger partial charge in [0.1, 0.15) is 0 Å². The van der Waals surface area contributed by atoms with Crippen molar-refractivity contribution in [3.8, 4) is 11.5 Å². The Balaban J connectivity index is 2.11. The van der Waals surface area contributed by atoms with Crippen LogP contribution in [0.25, 0.3) is 0 Å². The minimum atomic E-state index is -0.829. The van der Waals surface area contributed by atoms with Gasteiger partial charge >= 0.3 is 0 Å². The average molecular weight is 384 g/mol. The molecule has 3 atom stereocenters. The first kappa shape index (κ1) is 19.9. The van der Waals surface area contributed by atoms with Gasteiger partial charge in [0.25, 0.3) is 0 Å². The summed E-state index contributed by atoms with van der Waals surface area (Å²) in [6.45, 7) is 2.00. The quantitative estimate of drug-likeness (QED) is 0.749. The Hall–Kier alpha value is -1.46. The minimum Gasteiger partial charge on any atom is -0.493 e. The number of aliphatic hydroxyl groups excluding tert-OH is 1. The zero-order valence-corrected chi connectivity index (χ0v) is 16.0. The van der Waals surface area contributed by atoms with Gasteiger partial charge in [-0.15, -0.1) is 0 Å². The molecular weight excluding hydrogens is 361 g/mol. The fourth-order valence-electron chi connectivity index (χ4n) is 2.75. The van der Waals surface area contributed by atoms with Gasteiger partial charge in [-0.25, -0.2) is 0 Å². The van der Waals surface area contributed by atoms with E-state index in [9.17, 15) is 5.11 Å². The van der Waals surface area contributed by atoms with Crippen LogP contribution in [-0.4, -0.2) is 25.4 Å². The van der Waals surface area contributed by atoms with E-state index in [0.29, 0.717) is 33.5 Å². The Morgan fingerprint density at radius 3 is 2.28 bits per heavy atom. The molecule has 0 aliphatic carbocycles. The summed E-state index contributed by atoms with van der Waals surface area (Å²) in [6.07, 6.45) is -0.134. The lowest BCUT2D eigenvalue weighted by molar-refractivity contribution is 0.121. The minimum absolute atomic E-state index is 0.0301. The molecule has 0 amide bonds. The van der Waals surface area contributed by atoms with Crippen molar-refractivity contribution in [1.29, 1.82) is 0 Å². The highest BCUT2D eigenvalue weighted by molar-refractivity contribution is 6.42. The average Bonchev–Trinajstić information content (AvgIpc) is 2.62. The van der Waals surface area contributed by atoms with E-state index in [4.69, 9.17) is 38.4 Å². The Morgan fingerprint density at radius 2 is 1.68 bits per heavy atom. The summed E-state index contributed by atoms with van der Waals surface area (Å²) in [5.74, 6) is 1.38. The fourth-order valence-corrected chi connectivity index (χ4v) is 3.05. The van der Waals surface area contributed by atoms with Crippen molar-refractivity contribution in [2.24, 2.45) is 11.7 Å². The van der Waals surface area contributed by atoms with Gasteiger partial charge in [-0.3, -0.25) is 0 Å². The van der Waals surface area contributed by atoms with Gasteiger partial charge in [-0.05, 0) is 47.7 Å². The first-order valence-electron chi connectivity index (χ1n) is 7.96. The summed E-state index contributed by atoms with van der Waals surface area (Å²) >= 11 is 11.9. The second-order valence-corrected chi connectivity index (χ2v) is 6.88. The summed E-state index contributed by atoms with van der Waals surface area (Å²) < 4.78 is 10.6. The molecule has 2 aromatic carbocycles. The molecule has 0 heterocycles. The van der Waals surface area contributed by atoms with Gasteiger partial charge < -0.3 is 20.3 Å². The van der Waals surface area contributed by atoms with Crippen LogP contribution in [0.3, 0.4) is 0 Å². The molecule has 0 aliphatic rings. The van der Waals surface area contributed by atoms with Crippen molar-refractivity contribution in [1.82, 2.24) is 0 Å². The monoisotopic (exact) mass is 383 g/mol. The summed E-state index contributed by atoms with van der Waals surface area (Å²) in [7, 11) is 3.20. The van der Waals surface area contributed by atoms with E-state index in [1.54, 1.807) is 32.4 Å². The first-order valence-corrected chi connectivity index (χ1v) is 8.72. The molecule has 3 N–H and O–H groups in total. The van der Waals surface area contributed by atoms with E-state index in [0.717, 1.165) is 5.56 Å². The van der Waals surface area contributed by atoms with Crippen molar-refractivity contribution >= 4 is 23.2 Å². The normalized spacial score (nSPS) is 14.7. The number of aliphatic hydroxyl groups is 1. The number of halogens is 2. The number of ether oxygens (including phenoxy) is 2. The highest BCUT2D eigenvalue weighted by atomic mass is 35.5. The SMILES string of the molecule is COc1ccc(CC(C)C(N)C(O)c2ccc(Cl)c(Cl)c2)cc1OC. The molecule has 0 fully saturated rings. The maximum Gasteiger partial charge on any atom is 0.160 e. The Bertz CT molecular complexity index is 724. The predicted octanol–water partition coefficient (Wildman–Crippen LogP) is 4.25. The third-order valence-electron chi connectivity index (χ3n) is 4.31. The van der Waals surface area contributed by atoms with Gasteiger partial charge in [-0.1, -0.05) is 42.3 Å². The van der Waals surface area contributed by atoms with Crippen molar-refractivity contribution in [3.63, 3.8) is 0 Å². The van der Waals surface area contributed by atoms with Crippen molar-refractivity contribution in [3.05, 3.63) is 57.6 Å². The molecule has 25 heavy (non-hydrogen) atoms. The van der Waals surface area contributed by atoms with E-state index in [2.05, 4.69) is 0 Å². The highest BCUT2D eigenvalue weighted by Crippen LogP contribution is 2.31. The fraction of sp³-hybridized carbons (Fsp3) is 0.368. The van der Waals surface area contributed by atoms with E-state index in [1.807, 2.05) is 25.1 Å². The van der Waals surface area contributed by atoms with Gasteiger partial charge in [-0.2, -0.15) is 0 Å². The summed E-state index contributed by atoms with van der Waals surface area (Å²) in [4.78, 5) is 0. The third kappa shape index (κ3) is 4.79. The van der Waals surface area contributed by atoms with E-state index >= 15 is 0 Å². The smallest absolute Gasteiger partial charge is 0.160 e. The molecule has 4 nitrogen and oxygen atoms in total. The molecule has 0 aromatic heterocycles. The van der Waals surface area contributed by atoms with Crippen LogP contribution in [0, 0.1) is 5.92 Å². The van der Waals surface area contributed by atoms with E-state index in [1.165, 1.54) is 0 Å². The number of benzene rings is 2. The molecule has 6 heteroatoms. The van der Waals surface area contributed by atoms with Crippen LogP contribution in [0.2, 0.25) is 10.0 Å². The van der Waals surface area contributed by atoms with Crippen LogP contribution in [-0.2, 0) is 6.42 Å². The van der Waals surface area contributed by atoms with Gasteiger partial charge in [0, 0.05) is 6.04 Å². The van der Waals surface area contributed by atoms with E-state index in [-0.39, 0.29) is 5.92 Å². The maximum absolute atomic E-state index is 10.6. The van der Waals surface area contributed by atoms with Crippen LogP contribution in [0.5, 0.6) is 11.5 Å². The van der Waals surface area contributed by atoms with E-state index < -0.39 is 12.1 Å². The van der Waals surface area contributed by atoms with Crippen molar-refractivity contribution < 1.29 is 14.6 Å². The second-order valence-electron chi connectivity index (χ2n) is 6.07. The second kappa shape index (κ2) is 8.77. The Kier molecular flexibility index (Phi) is 6.96. The molecule has 0 bridgehead atoms. The standard InChI is InChI=1S/C19H23Cl2NO3/c1-11(8-12-4-7-16(24-2)17(9-12)25-3)18(22)19(23)13-5-6-14(20)15(21)10-13/h4-7,9-11,18-19,23H,8,22H2,1-3H3. The zero-order chi connectivity index (χ0) is 18.6. The summed E-state index contributed by atoms with van der Waals surface area (Å²) in [5.41, 5.74) is 7.98. The van der Waals surface area contributed by atoms with Gasteiger partial charge in [0.2, 0.25) is 0 Å². The van der Waals surface area contributed by atoms with Crippen molar-refractivity contribution in [2.45, 2.75) is 25.5 Å². The largest absolute Gasteiger partial charge is 0.493 e. The number of methoxy groups -OCH3 is 2. The van der Waals surface area contributed by atoms with Crippen LogP contribution in [0.1, 0.15) is 24.2 Å². The lowest BCUT2D eigenvalue weighted by Crippen LogP contribution is -2.36. The molecule has 3 unspecified atom stereocenters. The van der Waals surface area contributed by atoms with Gasteiger partial charge in [0.15, 0.2) is 11.5 Å². The Labute approximate surface area is 158 Å². The molecular formula is C19H23Cl2NO3. The van der Waals surface area contributed by atoms with Crippen LogP contribution >= 0.6 is 23.2 Å². The highest BCUT2D eigenvalue weighted by Gasteiger charge is 2.24. The molecule has 0 radical (unpaired) electrons. The maximum atomic E-state index is 10.6. The lowest BCUT2D eigenvalue weighted by atomic mass is 9.88. The summed E-state index contributed by atoms with van der Waals surface area (Å²) in [5, 5.41) is 11.4. The molecule has 0 saturated heterocycles. The topological polar surface area (TPSA) is 64.7 Å². The summed E-state index contributed by atoms with van der Waals surface area (Å²) in [6, 6.07) is 10.4.